The van der Waals surface area contributed by atoms with Crippen molar-refractivity contribution in [2.45, 2.75) is 26.3 Å². The molecule has 0 spiro atoms. The van der Waals surface area contributed by atoms with E-state index in [1.165, 1.54) is 6.07 Å². The van der Waals surface area contributed by atoms with Gasteiger partial charge in [0, 0.05) is 24.5 Å². The summed E-state index contributed by atoms with van der Waals surface area (Å²) in [6.07, 6.45) is -5.25. The van der Waals surface area contributed by atoms with E-state index in [0.717, 1.165) is 28.9 Å². The molecule has 0 bridgehead atoms. The molecule has 0 radical (unpaired) electrons. The lowest BCUT2D eigenvalue weighted by atomic mass is 10.1. The van der Waals surface area contributed by atoms with Crippen LogP contribution in [0.25, 0.3) is 0 Å². The molecule has 1 unspecified atom stereocenters. The first-order valence-corrected chi connectivity index (χ1v) is 10.3. The van der Waals surface area contributed by atoms with Crippen LogP contribution in [0.15, 0.2) is 52.4 Å². The van der Waals surface area contributed by atoms with Gasteiger partial charge in [0.1, 0.15) is 0 Å². The number of morpholine rings is 1. The highest BCUT2D eigenvalue weighted by Crippen LogP contribution is 2.33. The third kappa shape index (κ3) is 4.80. The molecule has 2 heterocycles. The van der Waals surface area contributed by atoms with Gasteiger partial charge in [-0.15, -0.1) is 0 Å². The molecule has 1 saturated heterocycles. The number of aliphatic imine (C=N–C) groups is 2. The Morgan fingerprint density at radius 1 is 1.06 bits per heavy atom. The predicted molar refractivity (Wildman–Crippen MR) is 119 cm³/mol. The zero-order valence-corrected chi connectivity index (χ0v) is 17.9. The highest BCUT2D eigenvalue weighted by atomic mass is 19.4. The molecule has 2 aromatic carbocycles. The molecular weight excluding hydrogens is 421 g/mol. The first-order valence-electron chi connectivity index (χ1n) is 10.3. The van der Waals surface area contributed by atoms with Gasteiger partial charge < -0.3 is 20.7 Å². The Balaban J connectivity index is 1.77. The van der Waals surface area contributed by atoms with E-state index in [1.54, 1.807) is 11.0 Å². The number of rotatable bonds is 3. The molecule has 2 aromatic rings. The number of guanidine groups is 2. The Labute approximate surface area is 184 Å². The molecule has 3 N–H and O–H groups in total. The van der Waals surface area contributed by atoms with Crippen LogP contribution in [0, 0.1) is 13.8 Å². The minimum atomic E-state index is -4.47. The number of aryl methyl sites for hydroxylation is 2. The lowest BCUT2D eigenvalue weighted by Gasteiger charge is -2.41. The zero-order valence-electron chi connectivity index (χ0n) is 17.9. The lowest BCUT2D eigenvalue weighted by molar-refractivity contribution is -0.137. The number of alkyl halides is 3. The molecule has 0 aromatic heterocycles. The van der Waals surface area contributed by atoms with Gasteiger partial charge in [-0.3, -0.25) is 4.90 Å². The molecule has 4 rings (SSSR count). The van der Waals surface area contributed by atoms with Crippen LogP contribution < -0.4 is 16.0 Å². The molecule has 2 aliphatic rings. The average Bonchev–Trinajstić information content (AvgIpc) is 2.73. The zero-order chi connectivity index (χ0) is 22.9. The molecule has 2 aliphatic heterocycles. The quantitative estimate of drug-likeness (QED) is 0.754. The van der Waals surface area contributed by atoms with Gasteiger partial charge in [-0.1, -0.05) is 12.1 Å². The molecule has 10 heteroatoms. The van der Waals surface area contributed by atoms with Gasteiger partial charge in [0.2, 0.25) is 18.2 Å². The maximum absolute atomic E-state index is 13.4. The number of ether oxygens (including phenoxy) is 1. The number of hydrogen-bond donors (Lipinski definition) is 2. The van der Waals surface area contributed by atoms with Gasteiger partial charge in [-0.2, -0.15) is 18.2 Å². The van der Waals surface area contributed by atoms with E-state index in [1.807, 2.05) is 36.9 Å². The maximum Gasteiger partial charge on any atom is 0.416 e. The van der Waals surface area contributed by atoms with E-state index in [-0.39, 0.29) is 5.96 Å². The fourth-order valence-corrected chi connectivity index (χ4v) is 3.86. The van der Waals surface area contributed by atoms with Crippen molar-refractivity contribution in [1.82, 2.24) is 4.90 Å². The molecule has 1 fully saturated rings. The molecular formula is C22H25F3N6O. The molecule has 1 atom stereocenters. The van der Waals surface area contributed by atoms with Gasteiger partial charge in [-0.05, 0) is 55.3 Å². The first-order chi connectivity index (χ1) is 15.2. The highest BCUT2D eigenvalue weighted by Gasteiger charge is 2.35. The summed E-state index contributed by atoms with van der Waals surface area (Å²) < 4.78 is 45.8. The van der Waals surface area contributed by atoms with E-state index in [4.69, 9.17) is 10.5 Å². The van der Waals surface area contributed by atoms with Crippen LogP contribution in [0.4, 0.5) is 24.5 Å². The van der Waals surface area contributed by atoms with E-state index in [0.29, 0.717) is 38.0 Å². The molecule has 7 nitrogen and oxygen atoms in total. The molecule has 0 saturated carbocycles. The van der Waals surface area contributed by atoms with E-state index >= 15 is 0 Å². The van der Waals surface area contributed by atoms with Crippen LogP contribution in [0.1, 0.15) is 16.7 Å². The van der Waals surface area contributed by atoms with Crippen molar-refractivity contribution >= 4 is 23.3 Å². The van der Waals surface area contributed by atoms with Crippen molar-refractivity contribution in [2.75, 3.05) is 36.5 Å². The van der Waals surface area contributed by atoms with E-state index in [2.05, 4.69) is 15.3 Å². The minimum Gasteiger partial charge on any atom is -0.378 e. The fourth-order valence-electron chi connectivity index (χ4n) is 3.86. The first kappa shape index (κ1) is 21.9. The van der Waals surface area contributed by atoms with Crippen molar-refractivity contribution < 1.29 is 17.9 Å². The van der Waals surface area contributed by atoms with Crippen LogP contribution in [0.5, 0.6) is 0 Å². The molecule has 32 heavy (non-hydrogen) atoms. The summed E-state index contributed by atoms with van der Waals surface area (Å²) in [7, 11) is 0. The van der Waals surface area contributed by atoms with Crippen molar-refractivity contribution in [2.24, 2.45) is 15.7 Å². The van der Waals surface area contributed by atoms with Gasteiger partial charge in [-0.25, -0.2) is 4.99 Å². The van der Waals surface area contributed by atoms with Crippen molar-refractivity contribution in [3.63, 3.8) is 0 Å². The lowest BCUT2D eigenvalue weighted by Crippen LogP contribution is -2.57. The molecule has 0 amide bonds. The molecule has 170 valence electrons. The Morgan fingerprint density at radius 3 is 2.41 bits per heavy atom. The molecule has 0 aliphatic carbocycles. The summed E-state index contributed by atoms with van der Waals surface area (Å²) in [4.78, 5) is 12.4. The minimum absolute atomic E-state index is 0.0524. The smallest absolute Gasteiger partial charge is 0.378 e. The topological polar surface area (TPSA) is 78.5 Å². The normalized spacial score (nSPS) is 19.5. The summed E-state index contributed by atoms with van der Waals surface area (Å²) in [5.74, 6) is 0.485. The standard InChI is InChI=1S/C22H25F3N6O/c1-14-10-15(2)12-17(11-14)27-20-28-19(26)29-21(30-6-8-32-9-7-30)31(20)18-5-3-4-16(13-18)22(23,24)25/h3-5,10-13,20,27H,6-9H2,1-2H3,(H2,26,28). The predicted octanol–water partition coefficient (Wildman–Crippen LogP) is 3.54. The van der Waals surface area contributed by atoms with E-state index in [9.17, 15) is 13.2 Å². The van der Waals surface area contributed by atoms with Gasteiger partial charge in [0.15, 0.2) is 0 Å². The van der Waals surface area contributed by atoms with Crippen molar-refractivity contribution in [3.8, 4) is 0 Å². The summed E-state index contributed by atoms with van der Waals surface area (Å²) in [6, 6.07) is 11.1. The van der Waals surface area contributed by atoms with Gasteiger partial charge in [0.05, 0.1) is 18.8 Å². The highest BCUT2D eigenvalue weighted by molar-refractivity contribution is 6.06. The van der Waals surface area contributed by atoms with Crippen LogP contribution in [0.2, 0.25) is 0 Å². The number of nitrogens with zero attached hydrogens (tertiary/aromatic N) is 4. The van der Waals surface area contributed by atoms with E-state index < -0.39 is 18.0 Å². The van der Waals surface area contributed by atoms with Crippen LogP contribution in [-0.2, 0) is 10.9 Å². The van der Waals surface area contributed by atoms with Gasteiger partial charge in [0.25, 0.3) is 0 Å². The largest absolute Gasteiger partial charge is 0.416 e. The number of nitrogens with one attached hydrogen (secondary N) is 1. The second-order valence-electron chi connectivity index (χ2n) is 7.81. The summed E-state index contributed by atoms with van der Waals surface area (Å²) in [5, 5.41) is 3.31. The van der Waals surface area contributed by atoms with Crippen molar-refractivity contribution in [1.29, 1.82) is 0 Å². The van der Waals surface area contributed by atoms with Crippen LogP contribution >= 0.6 is 0 Å². The fraction of sp³-hybridized carbons (Fsp3) is 0.364. The number of anilines is 2. The number of halogens is 3. The second-order valence-corrected chi connectivity index (χ2v) is 7.81. The summed E-state index contributed by atoms with van der Waals surface area (Å²) in [6.45, 7) is 6.00. The third-order valence-electron chi connectivity index (χ3n) is 5.19. The van der Waals surface area contributed by atoms with Gasteiger partial charge >= 0.3 is 6.18 Å². The Hall–Kier alpha value is -3.27. The Morgan fingerprint density at radius 2 is 1.75 bits per heavy atom. The summed E-state index contributed by atoms with van der Waals surface area (Å²) >= 11 is 0. The maximum atomic E-state index is 13.4. The van der Waals surface area contributed by atoms with Crippen LogP contribution in [0.3, 0.4) is 0 Å². The van der Waals surface area contributed by atoms with Crippen LogP contribution in [-0.4, -0.2) is 49.4 Å². The third-order valence-corrected chi connectivity index (χ3v) is 5.19. The number of hydrogen-bond acceptors (Lipinski definition) is 7. The Bertz CT molecular complexity index is 1030. The number of nitrogens with two attached hydrogens (primary N) is 1. The monoisotopic (exact) mass is 446 g/mol. The van der Waals surface area contributed by atoms with Crippen molar-refractivity contribution in [3.05, 3.63) is 59.2 Å². The summed E-state index contributed by atoms with van der Waals surface area (Å²) in [5.41, 5.74) is 8.48. The average molecular weight is 446 g/mol. The Kier molecular flexibility index (Phi) is 5.96. The second kappa shape index (κ2) is 8.70. The number of benzene rings is 2. The SMILES string of the molecule is Cc1cc(C)cc(NC2N=C(N)N=C(N3CCOCC3)N2c2cccc(C(F)(F)F)c2)c1.